The third kappa shape index (κ3) is 2.50. The van der Waals surface area contributed by atoms with Crippen LogP contribution < -0.4 is 5.32 Å². The Bertz CT molecular complexity index is 354. The lowest BCUT2D eigenvalue weighted by atomic mass is 9.79. The summed E-state index contributed by atoms with van der Waals surface area (Å²) in [4.78, 5) is 4.12. The molecule has 3 atom stereocenters. The molecule has 3 nitrogen and oxygen atoms in total. The summed E-state index contributed by atoms with van der Waals surface area (Å²) < 4.78 is 6.10. The fourth-order valence-electron chi connectivity index (χ4n) is 3.19. The first-order valence-corrected chi connectivity index (χ1v) is 6.65. The number of hydrogen-bond donors (Lipinski definition) is 1. The maximum absolute atomic E-state index is 6.10. The SMILES string of the molecule is c1cncc(COC2CCC[C@@H]3CNC[C@H]23)c1. The van der Waals surface area contributed by atoms with Gasteiger partial charge in [0.15, 0.2) is 0 Å². The quantitative estimate of drug-likeness (QED) is 0.865. The predicted molar refractivity (Wildman–Crippen MR) is 66.5 cm³/mol. The molecule has 0 spiro atoms. The normalized spacial score (nSPS) is 32.4. The summed E-state index contributed by atoms with van der Waals surface area (Å²) >= 11 is 0. The molecule has 2 fully saturated rings. The van der Waals surface area contributed by atoms with Crippen LogP contribution in [0.3, 0.4) is 0 Å². The average molecular weight is 232 g/mol. The van der Waals surface area contributed by atoms with E-state index in [1.165, 1.54) is 31.4 Å². The lowest BCUT2D eigenvalue weighted by Crippen LogP contribution is -2.33. The second kappa shape index (κ2) is 5.15. The first kappa shape index (κ1) is 11.2. The molecule has 0 bridgehead atoms. The van der Waals surface area contributed by atoms with Gasteiger partial charge in [0.25, 0.3) is 0 Å². The molecular formula is C14H20N2O. The number of nitrogens with zero attached hydrogens (tertiary/aromatic N) is 1. The zero-order chi connectivity index (χ0) is 11.5. The molecule has 0 radical (unpaired) electrons. The van der Waals surface area contributed by atoms with Crippen LogP contribution in [0.5, 0.6) is 0 Å². The van der Waals surface area contributed by atoms with Crippen molar-refractivity contribution in [2.24, 2.45) is 11.8 Å². The zero-order valence-electron chi connectivity index (χ0n) is 10.1. The third-order valence-electron chi connectivity index (χ3n) is 4.12. The van der Waals surface area contributed by atoms with Crippen molar-refractivity contribution >= 4 is 0 Å². The molecule has 3 rings (SSSR count). The Morgan fingerprint density at radius 1 is 1.35 bits per heavy atom. The second-order valence-electron chi connectivity index (χ2n) is 5.22. The maximum atomic E-state index is 6.10. The molecule has 1 saturated carbocycles. The third-order valence-corrected chi connectivity index (χ3v) is 4.12. The second-order valence-corrected chi connectivity index (χ2v) is 5.22. The van der Waals surface area contributed by atoms with E-state index in [4.69, 9.17) is 4.74 Å². The number of pyridine rings is 1. The lowest BCUT2D eigenvalue weighted by molar-refractivity contribution is -0.0285. The molecule has 0 amide bonds. The number of ether oxygens (including phenoxy) is 1. The van der Waals surface area contributed by atoms with E-state index < -0.39 is 0 Å². The van der Waals surface area contributed by atoms with Crippen LogP contribution >= 0.6 is 0 Å². The van der Waals surface area contributed by atoms with Crippen LogP contribution in [0, 0.1) is 11.8 Å². The fourth-order valence-corrected chi connectivity index (χ4v) is 3.19. The molecule has 92 valence electrons. The molecule has 1 aliphatic carbocycles. The van der Waals surface area contributed by atoms with E-state index in [0.717, 1.165) is 18.4 Å². The Hall–Kier alpha value is -0.930. The highest BCUT2D eigenvalue weighted by atomic mass is 16.5. The molecular weight excluding hydrogens is 212 g/mol. The summed E-state index contributed by atoms with van der Waals surface area (Å²) in [5.41, 5.74) is 1.18. The molecule has 3 heteroatoms. The van der Waals surface area contributed by atoms with Crippen LogP contribution in [0.25, 0.3) is 0 Å². The summed E-state index contributed by atoms with van der Waals surface area (Å²) in [6, 6.07) is 4.06. The van der Waals surface area contributed by atoms with Gasteiger partial charge in [0.1, 0.15) is 0 Å². The Labute approximate surface area is 103 Å². The fraction of sp³-hybridized carbons (Fsp3) is 0.643. The molecule has 2 aliphatic rings. The van der Waals surface area contributed by atoms with Gasteiger partial charge >= 0.3 is 0 Å². The first-order valence-electron chi connectivity index (χ1n) is 6.65. The number of nitrogens with one attached hydrogen (secondary N) is 1. The predicted octanol–water partition coefficient (Wildman–Crippen LogP) is 1.99. The summed E-state index contributed by atoms with van der Waals surface area (Å²) in [6.07, 6.45) is 8.08. The highest BCUT2D eigenvalue weighted by molar-refractivity contribution is 5.07. The topological polar surface area (TPSA) is 34.1 Å². The highest BCUT2D eigenvalue weighted by Gasteiger charge is 2.36. The molecule has 17 heavy (non-hydrogen) atoms. The Balaban J connectivity index is 1.57. The van der Waals surface area contributed by atoms with E-state index in [-0.39, 0.29) is 0 Å². The number of hydrogen-bond acceptors (Lipinski definition) is 3. The molecule has 1 N–H and O–H groups in total. The molecule has 1 unspecified atom stereocenters. The molecule has 1 saturated heterocycles. The van der Waals surface area contributed by atoms with Gasteiger partial charge < -0.3 is 10.1 Å². The summed E-state index contributed by atoms with van der Waals surface area (Å²) in [5, 5.41) is 3.50. The molecule has 1 aromatic heterocycles. The lowest BCUT2D eigenvalue weighted by Gasteiger charge is -2.32. The van der Waals surface area contributed by atoms with Crippen molar-refractivity contribution in [3.63, 3.8) is 0 Å². The van der Waals surface area contributed by atoms with E-state index >= 15 is 0 Å². The van der Waals surface area contributed by atoms with Crippen molar-refractivity contribution in [2.75, 3.05) is 13.1 Å². The minimum absolute atomic E-state index is 0.448. The number of fused-ring (bicyclic) bond motifs is 1. The van der Waals surface area contributed by atoms with Crippen LogP contribution in [0.2, 0.25) is 0 Å². The van der Waals surface area contributed by atoms with Gasteiger partial charge in [-0.1, -0.05) is 12.5 Å². The van der Waals surface area contributed by atoms with Crippen LogP contribution in [0.1, 0.15) is 24.8 Å². The smallest absolute Gasteiger partial charge is 0.0735 e. The molecule has 1 aliphatic heterocycles. The Morgan fingerprint density at radius 2 is 2.35 bits per heavy atom. The van der Waals surface area contributed by atoms with Gasteiger partial charge in [-0.05, 0) is 36.9 Å². The van der Waals surface area contributed by atoms with Crippen LogP contribution in [-0.2, 0) is 11.3 Å². The molecule has 1 aromatic rings. The van der Waals surface area contributed by atoms with Crippen molar-refractivity contribution in [1.29, 1.82) is 0 Å². The van der Waals surface area contributed by atoms with E-state index in [1.54, 1.807) is 6.20 Å². The summed E-state index contributed by atoms with van der Waals surface area (Å²) in [5.74, 6) is 1.59. The van der Waals surface area contributed by atoms with Gasteiger partial charge in [-0.15, -0.1) is 0 Å². The van der Waals surface area contributed by atoms with Crippen LogP contribution in [0.15, 0.2) is 24.5 Å². The summed E-state index contributed by atoms with van der Waals surface area (Å²) in [7, 11) is 0. The van der Waals surface area contributed by atoms with Crippen molar-refractivity contribution in [1.82, 2.24) is 10.3 Å². The summed E-state index contributed by atoms with van der Waals surface area (Å²) in [6.45, 7) is 3.04. The average Bonchev–Trinajstić information content (AvgIpc) is 2.86. The largest absolute Gasteiger partial charge is 0.373 e. The van der Waals surface area contributed by atoms with Crippen molar-refractivity contribution in [2.45, 2.75) is 32.0 Å². The van der Waals surface area contributed by atoms with Crippen LogP contribution in [0.4, 0.5) is 0 Å². The minimum Gasteiger partial charge on any atom is -0.373 e. The van der Waals surface area contributed by atoms with Crippen LogP contribution in [-0.4, -0.2) is 24.2 Å². The van der Waals surface area contributed by atoms with E-state index in [1.807, 2.05) is 12.3 Å². The first-order chi connectivity index (χ1) is 8.43. The van der Waals surface area contributed by atoms with Crippen molar-refractivity contribution in [3.05, 3.63) is 30.1 Å². The van der Waals surface area contributed by atoms with E-state index in [0.29, 0.717) is 12.7 Å². The monoisotopic (exact) mass is 232 g/mol. The molecule has 2 heterocycles. The zero-order valence-corrected chi connectivity index (χ0v) is 10.1. The Kier molecular flexibility index (Phi) is 3.39. The van der Waals surface area contributed by atoms with Gasteiger partial charge in [0.2, 0.25) is 0 Å². The van der Waals surface area contributed by atoms with E-state index in [9.17, 15) is 0 Å². The van der Waals surface area contributed by atoms with Crippen molar-refractivity contribution in [3.8, 4) is 0 Å². The van der Waals surface area contributed by atoms with Crippen molar-refractivity contribution < 1.29 is 4.74 Å². The van der Waals surface area contributed by atoms with E-state index in [2.05, 4.69) is 16.4 Å². The van der Waals surface area contributed by atoms with Gasteiger partial charge in [-0.3, -0.25) is 4.98 Å². The van der Waals surface area contributed by atoms with Gasteiger partial charge in [0.05, 0.1) is 12.7 Å². The number of rotatable bonds is 3. The highest BCUT2D eigenvalue weighted by Crippen LogP contribution is 2.34. The number of aromatic nitrogens is 1. The van der Waals surface area contributed by atoms with Gasteiger partial charge in [-0.2, -0.15) is 0 Å². The Morgan fingerprint density at radius 3 is 3.24 bits per heavy atom. The van der Waals surface area contributed by atoms with Gasteiger partial charge in [0, 0.05) is 24.9 Å². The standard InChI is InChI=1S/C14H20N2O/c1-4-12-8-16-9-13(12)14(5-1)17-10-11-3-2-6-15-7-11/h2-3,6-7,12-14,16H,1,4-5,8-10H2/t12-,13+,14?/m1/s1. The maximum Gasteiger partial charge on any atom is 0.0735 e. The molecule has 0 aromatic carbocycles. The van der Waals surface area contributed by atoms with Gasteiger partial charge in [-0.25, -0.2) is 0 Å². The minimum atomic E-state index is 0.448.